The van der Waals surface area contributed by atoms with E-state index in [0.717, 1.165) is 30.1 Å². The van der Waals surface area contributed by atoms with Gasteiger partial charge in [0, 0.05) is 30.4 Å². The predicted molar refractivity (Wildman–Crippen MR) is 87.4 cm³/mol. The number of halogens is 1. The van der Waals surface area contributed by atoms with Gasteiger partial charge in [-0.15, -0.1) is 11.3 Å². The summed E-state index contributed by atoms with van der Waals surface area (Å²) >= 11 is 7.59. The van der Waals surface area contributed by atoms with Crippen LogP contribution in [0.3, 0.4) is 0 Å². The Morgan fingerprint density at radius 1 is 1.55 bits per heavy atom. The lowest BCUT2D eigenvalue weighted by Crippen LogP contribution is -2.48. The van der Waals surface area contributed by atoms with E-state index in [1.807, 2.05) is 17.0 Å². The van der Waals surface area contributed by atoms with E-state index in [4.69, 9.17) is 11.6 Å². The maximum absolute atomic E-state index is 12.6. The third kappa shape index (κ3) is 2.96. The summed E-state index contributed by atoms with van der Waals surface area (Å²) in [5.74, 6) is 0.457. The monoisotopic (exact) mass is 339 g/mol. The largest absolute Gasteiger partial charge is 0.324 e. The van der Waals surface area contributed by atoms with Gasteiger partial charge in [0.15, 0.2) is 0 Å². The quantitative estimate of drug-likeness (QED) is 0.934. The number of aromatic nitrogens is 3. The van der Waals surface area contributed by atoms with Crippen molar-refractivity contribution in [2.45, 2.75) is 31.7 Å². The Kier molecular flexibility index (Phi) is 4.10. The second-order valence-corrected chi connectivity index (χ2v) is 7.57. The van der Waals surface area contributed by atoms with Gasteiger partial charge in [0.2, 0.25) is 5.95 Å². The average molecular weight is 340 g/mol. The Morgan fingerprint density at radius 2 is 2.36 bits per heavy atom. The molecule has 1 aliphatic heterocycles. The molecule has 8 heteroatoms. The van der Waals surface area contributed by atoms with Gasteiger partial charge < -0.3 is 4.90 Å². The van der Waals surface area contributed by atoms with Crippen molar-refractivity contribution in [3.63, 3.8) is 0 Å². The zero-order chi connectivity index (χ0) is 15.7. The SMILES string of the molecule is Cn1ncnc1NC(=O)N1CCC[C@]1(C)Cc1ccc(Cl)s1. The first-order chi connectivity index (χ1) is 10.5. The second kappa shape index (κ2) is 5.89. The number of rotatable bonds is 3. The molecular formula is C14H18ClN5OS. The van der Waals surface area contributed by atoms with Gasteiger partial charge in [0.05, 0.1) is 4.34 Å². The third-order valence-corrected chi connectivity index (χ3v) is 5.34. The van der Waals surface area contributed by atoms with Crippen LogP contribution in [0.2, 0.25) is 4.34 Å². The highest BCUT2D eigenvalue weighted by Crippen LogP contribution is 2.35. The minimum Gasteiger partial charge on any atom is -0.319 e. The highest BCUT2D eigenvalue weighted by Gasteiger charge is 2.40. The fraction of sp³-hybridized carbons (Fsp3) is 0.500. The highest BCUT2D eigenvalue weighted by molar-refractivity contribution is 7.16. The van der Waals surface area contributed by atoms with E-state index in [1.165, 1.54) is 11.2 Å². The van der Waals surface area contributed by atoms with Crippen LogP contribution in [0, 0.1) is 0 Å². The molecule has 2 aromatic heterocycles. The summed E-state index contributed by atoms with van der Waals surface area (Å²) in [6.45, 7) is 2.88. The van der Waals surface area contributed by atoms with Crippen LogP contribution in [-0.4, -0.2) is 37.8 Å². The number of hydrogen-bond acceptors (Lipinski definition) is 4. The number of carbonyl (C=O) groups excluding carboxylic acids is 1. The van der Waals surface area contributed by atoms with Gasteiger partial charge in [0.1, 0.15) is 6.33 Å². The Morgan fingerprint density at radius 3 is 3.00 bits per heavy atom. The second-order valence-electron chi connectivity index (χ2n) is 5.77. The van der Waals surface area contributed by atoms with Crippen LogP contribution in [0.25, 0.3) is 0 Å². The van der Waals surface area contributed by atoms with Gasteiger partial charge in [0.25, 0.3) is 0 Å². The molecule has 0 aliphatic carbocycles. The van der Waals surface area contributed by atoms with Crippen molar-refractivity contribution in [3.05, 3.63) is 27.7 Å². The van der Waals surface area contributed by atoms with Crippen molar-refractivity contribution < 1.29 is 4.79 Å². The number of likely N-dealkylation sites (tertiary alicyclic amines) is 1. The molecule has 1 N–H and O–H groups in total. The summed E-state index contributed by atoms with van der Waals surface area (Å²) in [6, 6.07) is 3.82. The minimum atomic E-state index is -0.198. The van der Waals surface area contributed by atoms with Crippen LogP contribution in [-0.2, 0) is 13.5 Å². The van der Waals surface area contributed by atoms with E-state index in [9.17, 15) is 4.79 Å². The lowest BCUT2D eigenvalue weighted by Gasteiger charge is -2.35. The molecule has 0 spiro atoms. The summed E-state index contributed by atoms with van der Waals surface area (Å²) in [6.07, 6.45) is 4.22. The molecule has 2 aromatic rings. The van der Waals surface area contributed by atoms with E-state index in [1.54, 1.807) is 23.1 Å². The van der Waals surface area contributed by atoms with Crippen molar-refractivity contribution in [2.75, 3.05) is 11.9 Å². The Bertz CT molecular complexity index is 684. The zero-order valence-electron chi connectivity index (χ0n) is 12.5. The molecule has 0 saturated carbocycles. The van der Waals surface area contributed by atoms with Crippen LogP contribution in [0.5, 0.6) is 0 Å². The normalized spacial score (nSPS) is 21.3. The molecule has 0 radical (unpaired) electrons. The van der Waals surface area contributed by atoms with E-state index in [-0.39, 0.29) is 11.6 Å². The number of urea groups is 1. The van der Waals surface area contributed by atoms with Crippen molar-refractivity contribution >= 4 is 34.9 Å². The van der Waals surface area contributed by atoms with Gasteiger partial charge in [-0.25, -0.2) is 9.48 Å². The lowest BCUT2D eigenvalue weighted by molar-refractivity contribution is 0.168. The third-order valence-electron chi connectivity index (χ3n) is 4.11. The van der Waals surface area contributed by atoms with Crippen LogP contribution >= 0.6 is 22.9 Å². The van der Waals surface area contributed by atoms with Crippen molar-refractivity contribution in [2.24, 2.45) is 7.05 Å². The van der Waals surface area contributed by atoms with Gasteiger partial charge >= 0.3 is 6.03 Å². The van der Waals surface area contributed by atoms with E-state index < -0.39 is 0 Å². The first-order valence-electron chi connectivity index (χ1n) is 7.15. The van der Waals surface area contributed by atoms with Crippen LogP contribution in [0.15, 0.2) is 18.5 Å². The standard InChI is InChI=1S/C14H18ClN5OS/c1-14(8-10-4-5-11(15)22-10)6-3-7-20(14)13(21)18-12-16-9-17-19(12)2/h4-5,9H,3,6-8H2,1-2H3,(H,16,17,18,21)/t14-/m1/s1. The van der Waals surface area contributed by atoms with Crippen LogP contribution in [0.1, 0.15) is 24.6 Å². The smallest absolute Gasteiger partial charge is 0.319 e. The summed E-state index contributed by atoms with van der Waals surface area (Å²) < 4.78 is 2.33. The Hall–Kier alpha value is -1.60. The summed E-state index contributed by atoms with van der Waals surface area (Å²) in [5.41, 5.74) is -0.198. The van der Waals surface area contributed by atoms with Crippen LogP contribution < -0.4 is 5.32 Å². The van der Waals surface area contributed by atoms with Gasteiger partial charge in [-0.3, -0.25) is 5.32 Å². The van der Waals surface area contributed by atoms with Crippen LogP contribution in [0.4, 0.5) is 10.7 Å². The molecular weight excluding hydrogens is 322 g/mol. The fourth-order valence-corrected chi connectivity index (χ4v) is 4.21. The first-order valence-corrected chi connectivity index (χ1v) is 8.34. The van der Waals surface area contributed by atoms with E-state index >= 15 is 0 Å². The Labute approximate surface area is 138 Å². The molecule has 0 unspecified atom stereocenters. The fourth-order valence-electron chi connectivity index (χ4n) is 2.95. The molecule has 0 aromatic carbocycles. The van der Waals surface area contributed by atoms with Gasteiger partial charge in [-0.05, 0) is 31.9 Å². The van der Waals surface area contributed by atoms with Crippen molar-refractivity contribution in [1.82, 2.24) is 19.7 Å². The molecule has 118 valence electrons. The van der Waals surface area contributed by atoms with Crippen molar-refractivity contribution in [1.29, 1.82) is 0 Å². The minimum absolute atomic E-state index is 0.126. The van der Waals surface area contributed by atoms with E-state index in [0.29, 0.717) is 5.95 Å². The number of aryl methyl sites for hydroxylation is 1. The maximum Gasteiger partial charge on any atom is 0.324 e. The average Bonchev–Trinajstić information content (AvgIpc) is 3.13. The maximum atomic E-state index is 12.6. The van der Waals surface area contributed by atoms with Gasteiger partial charge in [-0.2, -0.15) is 10.1 Å². The summed E-state index contributed by atoms with van der Waals surface area (Å²) in [7, 11) is 1.75. The molecule has 0 bridgehead atoms. The molecule has 1 saturated heterocycles. The molecule has 1 atom stereocenters. The number of carbonyl (C=O) groups is 1. The number of amides is 2. The summed E-state index contributed by atoms with van der Waals surface area (Å²) in [4.78, 5) is 19.7. The van der Waals surface area contributed by atoms with Gasteiger partial charge in [-0.1, -0.05) is 11.6 Å². The van der Waals surface area contributed by atoms with E-state index in [2.05, 4.69) is 22.3 Å². The molecule has 3 heterocycles. The number of nitrogens with zero attached hydrogens (tertiary/aromatic N) is 4. The van der Waals surface area contributed by atoms with Crippen molar-refractivity contribution in [3.8, 4) is 0 Å². The molecule has 1 fully saturated rings. The zero-order valence-corrected chi connectivity index (χ0v) is 14.1. The summed E-state index contributed by atoms with van der Waals surface area (Å²) in [5, 5.41) is 6.79. The number of hydrogen-bond donors (Lipinski definition) is 1. The first kappa shape index (κ1) is 15.3. The number of anilines is 1. The molecule has 22 heavy (non-hydrogen) atoms. The molecule has 3 rings (SSSR count). The predicted octanol–water partition coefficient (Wildman–Crippen LogP) is 3.16. The number of nitrogens with one attached hydrogen (secondary N) is 1. The molecule has 6 nitrogen and oxygen atoms in total. The Balaban J connectivity index is 1.74. The number of thiophene rings is 1. The molecule has 1 aliphatic rings. The lowest BCUT2D eigenvalue weighted by atomic mass is 9.94. The topological polar surface area (TPSA) is 63.1 Å². The molecule has 2 amide bonds. The highest BCUT2D eigenvalue weighted by atomic mass is 35.5.